The number of ether oxygens (including phenoxy) is 2. The Morgan fingerprint density at radius 2 is 1.25 bits per heavy atom. The predicted molar refractivity (Wildman–Crippen MR) is 120 cm³/mol. The molecule has 5 heteroatoms. The zero-order chi connectivity index (χ0) is 22.5. The summed E-state index contributed by atoms with van der Waals surface area (Å²) in [4.78, 5) is 0. The molecule has 0 radical (unpaired) electrons. The van der Waals surface area contributed by atoms with Crippen LogP contribution >= 0.6 is 0 Å². The molecule has 0 amide bonds. The molecule has 4 rings (SSSR count). The molecule has 2 nitrogen and oxygen atoms in total. The first-order valence-corrected chi connectivity index (χ1v) is 12.9. The van der Waals surface area contributed by atoms with Crippen LogP contribution in [0.3, 0.4) is 0 Å². The Balaban J connectivity index is 1.15. The van der Waals surface area contributed by atoms with E-state index in [2.05, 4.69) is 6.92 Å². The van der Waals surface area contributed by atoms with Gasteiger partial charge in [0.2, 0.25) is 0 Å². The van der Waals surface area contributed by atoms with Gasteiger partial charge in [-0.05, 0) is 67.6 Å². The van der Waals surface area contributed by atoms with Gasteiger partial charge in [0, 0.05) is 11.8 Å². The van der Waals surface area contributed by atoms with Crippen LogP contribution in [0.2, 0.25) is 0 Å². The molecule has 0 unspecified atom stereocenters. The van der Waals surface area contributed by atoms with Crippen molar-refractivity contribution in [3.8, 4) is 0 Å². The fourth-order valence-corrected chi connectivity index (χ4v) is 6.22. The van der Waals surface area contributed by atoms with Gasteiger partial charge in [-0.15, -0.1) is 0 Å². The maximum absolute atomic E-state index is 13.6. The summed E-state index contributed by atoms with van der Waals surface area (Å²) in [5, 5.41) is 0. The van der Waals surface area contributed by atoms with Gasteiger partial charge >= 0.3 is 0 Å². The Hall–Kier alpha value is -1.07. The topological polar surface area (TPSA) is 18.5 Å². The first-order valence-electron chi connectivity index (χ1n) is 12.9. The molecule has 3 aliphatic rings. The van der Waals surface area contributed by atoms with E-state index in [1.165, 1.54) is 51.4 Å². The lowest BCUT2D eigenvalue weighted by atomic mass is 9.77. The molecule has 180 valence electrons. The molecule has 0 aromatic heterocycles. The van der Waals surface area contributed by atoms with Crippen molar-refractivity contribution in [2.45, 2.75) is 96.2 Å². The molecule has 0 spiro atoms. The lowest BCUT2D eigenvalue weighted by molar-refractivity contribution is -0.229. The summed E-state index contributed by atoms with van der Waals surface area (Å²) in [6, 6.07) is 2.30. The minimum Gasteiger partial charge on any atom is -0.352 e. The quantitative estimate of drug-likeness (QED) is 0.394. The van der Waals surface area contributed by atoms with Crippen molar-refractivity contribution >= 4 is 0 Å². The molecule has 32 heavy (non-hydrogen) atoms. The van der Waals surface area contributed by atoms with E-state index in [-0.39, 0.29) is 12.2 Å². The summed E-state index contributed by atoms with van der Waals surface area (Å²) in [5.74, 6) is -0.823. The molecule has 1 saturated heterocycles. The Bertz CT molecular complexity index is 693. The fraction of sp³-hybridized carbons (Fsp3) is 0.778. The van der Waals surface area contributed by atoms with E-state index < -0.39 is 17.5 Å². The Kier molecular flexibility index (Phi) is 8.55. The number of hydrogen-bond acceptors (Lipinski definition) is 2. The molecule has 1 heterocycles. The third kappa shape index (κ3) is 6.08. The van der Waals surface area contributed by atoms with Gasteiger partial charge in [0.1, 0.15) is 0 Å². The number of hydrogen-bond donors (Lipinski definition) is 0. The van der Waals surface area contributed by atoms with Gasteiger partial charge in [0.25, 0.3) is 0 Å². The van der Waals surface area contributed by atoms with Gasteiger partial charge < -0.3 is 9.47 Å². The minimum atomic E-state index is -1.38. The maximum atomic E-state index is 13.6. The highest BCUT2D eigenvalue weighted by Gasteiger charge is 2.33. The third-order valence-electron chi connectivity index (χ3n) is 8.27. The lowest BCUT2D eigenvalue weighted by Gasteiger charge is -2.38. The molecule has 0 bridgehead atoms. The molecular weight excluding hydrogens is 413 g/mol. The summed E-state index contributed by atoms with van der Waals surface area (Å²) >= 11 is 0. The standard InChI is InChI=1S/C27H39F3O2/c1-2-3-18-4-6-19(7-5-18)8-9-20-16-31-27(32-17-20)22-12-10-21(11-13-22)23-14-24(28)26(30)25(29)15-23/h14-15,18-22,27H,2-13,16-17H2,1H3. The zero-order valence-corrected chi connectivity index (χ0v) is 19.5. The first kappa shape index (κ1) is 24.1. The average molecular weight is 453 g/mol. The average Bonchev–Trinajstić information content (AvgIpc) is 2.82. The van der Waals surface area contributed by atoms with Gasteiger partial charge in [0.15, 0.2) is 23.7 Å². The van der Waals surface area contributed by atoms with Crippen molar-refractivity contribution in [3.63, 3.8) is 0 Å². The first-order chi connectivity index (χ1) is 15.5. The molecule has 1 aliphatic heterocycles. The second kappa shape index (κ2) is 11.4. The SMILES string of the molecule is CCCC1CCC(CCC2COC(C3CCC(c4cc(F)c(F)c(F)c4)CC3)OC2)CC1. The molecule has 2 saturated carbocycles. The predicted octanol–water partition coefficient (Wildman–Crippen LogP) is 7.75. The summed E-state index contributed by atoms with van der Waals surface area (Å²) in [6.45, 7) is 3.86. The number of rotatable bonds is 7. The van der Waals surface area contributed by atoms with Gasteiger partial charge in [-0.1, -0.05) is 51.9 Å². The maximum Gasteiger partial charge on any atom is 0.194 e. The van der Waals surface area contributed by atoms with Crippen molar-refractivity contribution in [1.82, 2.24) is 0 Å². The van der Waals surface area contributed by atoms with Gasteiger partial charge in [-0.3, -0.25) is 0 Å². The summed E-state index contributed by atoms with van der Waals surface area (Å²) in [7, 11) is 0. The second-order valence-corrected chi connectivity index (χ2v) is 10.6. The molecule has 1 aromatic carbocycles. The van der Waals surface area contributed by atoms with E-state index in [9.17, 15) is 13.2 Å². The van der Waals surface area contributed by atoms with Crippen LogP contribution in [0.5, 0.6) is 0 Å². The summed E-state index contributed by atoms with van der Waals surface area (Å²) < 4.78 is 52.6. The largest absolute Gasteiger partial charge is 0.352 e. The van der Waals surface area contributed by atoms with Crippen molar-refractivity contribution in [3.05, 3.63) is 35.1 Å². The molecule has 0 atom stereocenters. The molecule has 0 N–H and O–H groups in total. The van der Waals surface area contributed by atoms with Gasteiger partial charge in [-0.25, -0.2) is 13.2 Å². The number of benzene rings is 1. The molecule has 2 aliphatic carbocycles. The van der Waals surface area contributed by atoms with Crippen LogP contribution in [0.4, 0.5) is 13.2 Å². The van der Waals surface area contributed by atoms with Crippen molar-refractivity contribution in [2.24, 2.45) is 23.7 Å². The van der Waals surface area contributed by atoms with E-state index in [1.54, 1.807) is 0 Å². The van der Waals surface area contributed by atoms with Crippen LogP contribution in [0.25, 0.3) is 0 Å². The van der Waals surface area contributed by atoms with Crippen LogP contribution in [-0.4, -0.2) is 19.5 Å². The minimum absolute atomic E-state index is 0.0691. The lowest BCUT2D eigenvalue weighted by Crippen LogP contribution is -2.38. The molecule has 1 aromatic rings. The summed E-state index contributed by atoms with van der Waals surface area (Å²) in [5.41, 5.74) is 0.564. The highest BCUT2D eigenvalue weighted by molar-refractivity contribution is 5.23. The molecule has 3 fully saturated rings. The normalized spacial score (nSPS) is 33.9. The van der Waals surface area contributed by atoms with Crippen LogP contribution < -0.4 is 0 Å². The van der Waals surface area contributed by atoms with Crippen molar-refractivity contribution < 1.29 is 22.6 Å². The van der Waals surface area contributed by atoms with Crippen LogP contribution in [0, 0.1) is 41.1 Å². The van der Waals surface area contributed by atoms with Crippen LogP contribution in [0.15, 0.2) is 12.1 Å². The van der Waals surface area contributed by atoms with Gasteiger partial charge in [0.05, 0.1) is 13.2 Å². The highest BCUT2D eigenvalue weighted by atomic mass is 19.2. The highest BCUT2D eigenvalue weighted by Crippen LogP contribution is 2.40. The third-order valence-corrected chi connectivity index (χ3v) is 8.27. The molecular formula is C27H39F3O2. The van der Waals surface area contributed by atoms with Crippen LogP contribution in [0.1, 0.15) is 95.5 Å². The van der Waals surface area contributed by atoms with E-state index in [0.717, 1.165) is 62.9 Å². The van der Waals surface area contributed by atoms with Crippen molar-refractivity contribution in [1.29, 1.82) is 0 Å². The summed E-state index contributed by atoms with van der Waals surface area (Å²) in [6.07, 6.45) is 14.1. The second-order valence-electron chi connectivity index (χ2n) is 10.6. The fourth-order valence-electron chi connectivity index (χ4n) is 6.22. The Morgan fingerprint density at radius 3 is 1.81 bits per heavy atom. The Morgan fingerprint density at radius 1 is 0.719 bits per heavy atom. The van der Waals surface area contributed by atoms with E-state index in [0.29, 0.717) is 17.4 Å². The monoisotopic (exact) mass is 452 g/mol. The van der Waals surface area contributed by atoms with Gasteiger partial charge in [-0.2, -0.15) is 0 Å². The van der Waals surface area contributed by atoms with Crippen molar-refractivity contribution in [2.75, 3.05) is 13.2 Å². The van der Waals surface area contributed by atoms with Crippen LogP contribution in [-0.2, 0) is 9.47 Å². The van der Waals surface area contributed by atoms with E-state index in [1.807, 2.05) is 0 Å². The zero-order valence-electron chi connectivity index (χ0n) is 19.5. The van der Waals surface area contributed by atoms with E-state index >= 15 is 0 Å². The smallest absolute Gasteiger partial charge is 0.194 e. The number of halogens is 3. The van der Waals surface area contributed by atoms with E-state index in [4.69, 9.17) is 9.47 Å². The Labute approximate surface area is 191 Å².